The highest BCUT2D eigenvalue weighted by Crippen LogP contribution is 2.27. The lowest BCUT2D eigenvalue weighted by Gasteiger charge is -2.03. The molecule has 0 aliphatic carbocycles. The fourth-order valence-electron chi connectivity index (χ4n) is 3.08. The number of carbonyl (C=O) groups is 1. The minimum absolute atomic E-state index is 0.202. The standard InChI is InChI=1S/C22H24N6O3/c1-3-27-14-16(13-24-27)19-8-9-20(31-19)22(29)25-18-15-28(11-12-30-4-2)26-21(18)17-7-5-6-10-23-17/h5-10,13-15H,3-4,11-12H2,1-2H3,(H,25,29). The predicted molar refractivity (Wildman–Crippen MR) is 116 cm³/mol. The minimum atomic E-state index is -0.365. The Morgan fingerprint density at radius 1 is 1.16 bits per heavy atom. The molecule has 1 N–H and O–H groups in total. The van der Waals surface area contributed by atoms with Gasteiger partial charge < -0.3 is 14.5 Å². The third kappa shape index (κ3) is 4.72. The van der Waals surface area contributed by atoms with Crippen LogP contribution in [0, 0.1) is 0 Å². The van der Waals surface area contributed by atoms with E-state index in [9.17, 15) is 4.79 Å². The van der Waals surface area contributed by atoms with Gasteiger partial charge in [-0.3, -0.25) is 19.1 Å². The van der Waals surface area contributed by atoms with Crippen molar-refractivity contribution in [3.8, 4) is 22.7 Å². The maximum Gasteiger partial charge on any atom is 0.291 e. The second-order valence-corrected chi connectivity index (χ2v) is 6.77. The van der Waals surface area contributed by atoms with E-state index >= 15 is 0 Å². The van der Waals surface area contributed by atoms with Crippen LogP contribution in [0.15, 0.2) is 59.5 Å². The molecule has 0 spiro atoms. The van der Waals surface area contributed by atoms with Crippen LogP contribution in [0.4, 0.5) is 5.69 Å². The number of aryl methyl sites for hydroxylation is 1. The summed E-state index contributed by atoms with van der Waals surface area (Å²) in [5.41, 5.74) is 2.62. The number of rotatable bonds is 9. The van der Waals surface area contributed by atoms with Crippen LogP contribution in [0.5, 0.6) is 0 Å². The Morgan fingerprint density at radius 3 is 2.81 bits per heavy atom. The number of carbonyl (C=O) groups excluding carboxylic acids is 1. The van der Waals surface area contributed by atoms with E-state index in [0.717, 1.165) is 12.1 Å². The lowest BCUT2D eigenvalue weighted by Crippen LogP contribution is -2.11. The molecule has 4 heterocycles. The monoisotopic (exact) mass is 420 g/mol. The highest BCUT2D eigenvalue weighted by atomic mass is 16.5. The Hall–Kier alpha value is -3.72. The van der Waals surface area contributed by atoms with Gasteiger partial charge in [-0.15, -0.1) is 0 Å². The first-order valence-electron chi connectivity index (χ1n) is 10.2. The topological polar surface area (TPSA) is 100 Å². The third-order valence-electron chi connectivity index (χ3n) is 4.66. The van der Waals surface area contributed by atoms with Gasteiger partial charge in [0.1, 0.15) is 11.5 Å². The molecule has 4 rings (SSSR count). The summed E-state index contributed by atoms with van der Waals surface area (Å²) in [6.45, 7) is 6.44. The Kier molecular flexibility index (Phi) is 6.23. The second-order valence-electron chi connectivity index (χ2n) is 6.77. The van der Waals surface area contributed by atoms with Gasteiger partial charge in [0.15, 0.2) is 5.76 Å². The highest BCUT2D eigenvalue weighted by molar-refractivity contribution is 6.04. The van der Waals surface area contributed by atoms with E-state index < -0.39 is 0 Å². The van der Waals surface area contributed by atoms with E-state index in [1.54, 1.807) is 40.1 Å². The van der Waals surface area contributed by atoms with Crippen LogP contribution < -0.4 is 5.32 Å². The molecule has 4 aromatic rings. The summed E-state index contributed by atoms with van der Waals surface area (Å²) in [4.78, 5) is 17.2. The largest absolute Gasteiger partial charge is 0.451 e. The number of furan rings is 1. The van der Waals surface area contributed by atoms with E-state index in [2.05, 4.69) is 20.5 Å². The number of pyridine rings is 1. The SMILES string of the molecule is CCOCCn1cc(NC(=O)c2ccc(-c3cnn(CC)c3)o2)c(-c2ccccn2)n1. The van der Waals surface area contributed by atoms with Crippen LogP contribution in [-0.2, 0) is 17.8 Å². The summed E-state index contributed by atoms with van der Waals surface area (Å²) in [5, 5.41) is 11.7. The molecule has 0 aliphatic heterocycles. The summed E-state index contributed by atoms with van der Waals surface area (Å²) in [5.74, 6) is 0.422. The van der Waals surface area contributed by atoms with Crippen molar-refractivity contribution in [3.63, 3.8) is 0 Å². The second kappa shape index (κ2) is 9.40. The average molecular weight is 420 g/mol. The quantitative estimate of drug-likeness (QED) is 0.414. The zero-order valence-corrected chi connectivity index (χ0v) is 17.5. The van der Waals surface area contributed by atoms with Crippen molar-refractivity contribution in [2.75, 3.05) is 18.5 Å². The molecular formula is C22H24N6O3. The van der Waals surface area contributed by atoms with Crippen LogP contribution in [0.25, 0.3) is 22.7 Å². The number of nitrogens with one attached hydrogen (secondary N) is 1. The molecule has 0 fully saturated rings. The number of anilines is 1. The first kappa shape index (κ1) is 20.5. The number of hydrogen-bond donors (Lipinski definition) is 1. The lowest BCUT2D eigenvalue weighted by atomic mass is 10.2. The van der Waals surface area contributed by atoms with Gasteiger partial charge >= 0.3 is 0 Å². The average Bonchev–Trinajstić information content (AvgIpc) is 3.54. The summed E-state index contributed by atoms with van der Waals surface area (Å²) in [6.07, 6.45) is 7.05. The minimum Gasteiger partial charge on any atom is -0.451 e. The molecule has 9 heteroatoms. The van der Waals surface area contributed by atoms with Crippen molar-refractivity contribution in [2.45, 2.75) is 26.9 Å². The van der Waals surface area contributed by atoms with Crippen molar-refractivity contribution in [3.05, 3.63) is 60.9 Å². The summed E-state index contributed by atoms with van der Waals surface area (Å²) >= 11 is 0. The van der Waals surface area contributed by atoms with Gasteiger partial charge in [-0.25, -0.2) is 0 Å². The van der Waals surface area contributed by atoms with E-state index in [1.807, 2.05) is 38.2 Å². The van der Waals surface area contributed by atoms with Gasteiger partial charge in [-0.05, 0) is 38.1 Å². The van der Waals surface area contributed by atoms with Gasteiger partial charge in [-0.1, -0.05) is 6.07 Å². The van der Waals surface area contributed by atoms with Crippen LogP contribution in [0.2, 0.25) is 0 Å². The molecule has 0 aliphatic rings. The lowest BCUT2D eigenvalue weighted by molar-refractivity contribution is 0.0997. The number of aromatic nitrogens is 5. The van der Waals surface area contributed by atoms with Crippen LogP contribution in [0.1, 0.15) is 24.4 Å². The van der Waals surface area contributed by atoms with E-state index in [-0.39, 0.29) is 11.7 Å². The molecular weight excluding hydrogens is 396 g/mol. The molecule has 0 bridgehead atoms. The zero-order valence-electron chi connectivity index (χ0n) is 17.5. The smallest absolute Gasteiger partial charge is 0.291 e. The van der Waals surface area contributed by atoms with Gasteiger partial charge in [0.2, 0.25) is 0 Å². The summed E-state index contributed by atoms with van der Waals surface area (Å²) < 4.78 is 14.7. The number of nitrogens with zero attached hydrogens (tertiary/aromatic N) is 5. The molecule has 0 radical (unpaired) electrons. The number of amides is 1. The third-order valence-corrected chi connectivity index (χ3v) is 4.66. The molecule has 0 aromatic carbocycles. The van der Waals surface area contributed by atoms with Crippen LogP contribution >= 0.6 is 0 Å². The Morgan fingerprint density at radius 2 is 2.06 bits per heavy atom. The Bertz CT molecular complexity index is 1150. The fourth-order valence-corrected chi connectivity index (χ4v) is 3.08. The van der Waals surface area contributed by atoms with Crippen molar-refractivity contribution in [1.82, 2.24) is 24.5 Å². The summed E-state index contributed by atoms with van der Waals surface area (Å²) in [6, 6.07) is 8.97. The normalized spacial score (nSPS) is 11.0. The van der Waals surface area contributed by atoms with Crippen LogP contribution in [-0.4, -0.2) is 43.7 Å². The highest BCUT2D eigenvalue weighted by Gasteiger charge is 2.18. The first-order valence-corrected chi connectivity index (χ1v) is 10.2. The van der Waals surface area contributed by atoms with Gasteiger partial charge in [0, 0.05) is 31.7 Å². The molecule has 160 valence electrons. The molecule has 0 atom stereocenters. The van der Waals surface area contributed by atoms with E-state index in [4.69, 9.17) is 9.15 Å². The molecule has 9 nitrogen and oxygen atoms in total. The maximum atomic E-state index is 12.9. The Labute approximate surface area is 179 Å². The van der Waals surface area contributed by atoms with Crippen LogP contribution in [0.3, 0.4) is 0 Å². The predicted octanol–water partition coefficient (Wildman–Crippen LogP) is 3.71. The Balaban J connectivity index is 1.55. The van der Waals surface area contributed by atoms with Gasteiger partial charge in [-0.2, -0.15) is 10.2 Å². The fraction of sp³-hybridized carbons (Fsp3) is 0.273. The van der Waals surface area contributed by atoms with Crippen molar-refractivity contribution in [1.29, 1.82) is 0 Å². The maximum absolute atomic E-state index is 12.9. The molecule has 4 aromatic heterocycles. The number of ether oxygens (including phenoxy) is 1. The van der Waals surface area contributed by atoms with Crippen molar-refractivity contribution in [2.24, 2.45) is 0 Å². The van der Waals surface area contributed by atoms with Gasteiger partial charge in [0.05, 0.1) is 36.3 Å². The molecule has 0 unspecified atom stereocenters. The zero-order chi connectivity index (χ0) is 21.6. The molecule has 0 saturated heterocycles. The van der Waals surface area contributed by atoms with E-state index in [1.165, 1.54) is 0 Å². The molecule has 31 heavy (non-hydrogen) atoms. The number of hydrogen-bond acceptors (Lipinski definition) is 6. The first-order chi connectivity index (χ1) is 15.2. The summed E-state index contributed by atoms with van der Waals surface area (Å²) in [7, 11) is 0. The van der Waals surface area contributed by atoms with Gasteiger partial charge in [0.25, 0.3) is 5.91 Å². The van der Waals surface area contributed by atoms with Crippen molar-refractivity contribution >= 4 is 11.6 Å². The van der Waals surface area contributed by atoms with Crippen molar-refractivity contribution < 1.29 is 13.9 Å². The molecule has 0 saturated carbocycles. The van der Waals surface area contributed by atoms with E-state index in [0.29, 0.717) is 42.6 Å². The molecule has 1 amide bonds.